The first kappa shape index (κ1) is 22.1. The van der Waals surface area contributed by atoms with E-state index in [0.717, 1.165) is 38.6 Å². The van der Waals surface area contributed by atoms with E-state index >= 15 is 0 Å². The lowest BCUT2D eigenvalue weighted by Gasteiger charge is -2.64. The molecule has 8 atom stereocenters. The van der Waals surface area contributed by atoms with Gasteiger partial charge >= 0.3 is 6.09 Å². The summed E-state index contributed by atoms with van der Waals surface area (Å²) in [6.45, 7) is 16.3. The van der Waals surface area contributed by atoms with Gasteiger partial charge in [-0.15, -0.1) is 0 Å². The normalized spacial score (nSPS) is 46.6. The van der Waals surface area contributed by atoms with E-state index in [1.165, 1.54) is 6.42 Å². The number of fused-ring (bicyclic) bond motifs is 5. The lowest BCUT2D eigenvalue weighted by Crippen LogP contribution is -2.69. The summed E-state index contributed by atoms with van der Waals surface area (Å²) in [5.74, 6) is 2.88. The Kier molecular flexibility index (Phi) is 5.32. The summed E-state index contributed by atoms with van der Waals surface area (Å²) in [7, 11) is 0. The highest BCUT2D eigenvalue weighted by molar-refractivity contribution is 5.84. The van der Waals surface area contributed by atoms with Crippen LogP contribution in [0.1, 0.15) is 87.0 Å². The fourth-order valence-electron chi connectivity index (χ4n) is 7.87. The Labute approximate surface area is 182 Å². The SMILES string of the molecule is CC1CN2C(C)C(=O)CC[C@]2(C)[C@@H]2CC[C@]3(C)C(OC(=O)NC(C)(C)C)CC[C@H]3[C@H]12. The maximum absolute atomic E-state index is 12.5. The summed E-state index contributed by atoms with van der Waals surface area (Å²) in [6.07, 6.45) is 5.89. The van der Waals surface area contributed by atoms with Gasteiger partial charge in [0, 0.05) is 29.5 Å². The van der Waals surface area contributed by atoms with Crippen LogP contribution in [-0.2, 0) is 9.53 Å². The van der Waals surface area contributed by atoms with Crippen LogP contribution in [0.5, 0.6) is 0 Å². The largest absolute Gasteiger partial charge is 0.446 e. The Hall–Kier alpha value is -1.10. The number of nitrogens with zero attached hydrogens (tertiary/aromatic N) is 1. The van der Waals surface area contributed by atoms with E-state index in [2.05, 4.69) is 37.9 Å². The van der Waals surface area contributed by atoms with E-state index in [1.54, 1.807) is 0 Å². The summed E-state index contributed by atoms with van der Waals surface area (Å²) in [5, 5.41) is 2.98. The summed E-state index contributed by atoms with van der Waals surface area (Å²) >= 11 is 0. The van der Waals surface area contributed by atoms with Gasteiger partial charge < -0.3 is 10.1 Å². The summed E-state index contributed by atoms with van der Waals surface area (Å²) in [6, 6.07) is 0.0567. The Balaban J connectivity index is 1.55. The molecule has 170 valence electrons. The fourth-order valence-corrected chi connectivity index (χ4v) is 7.87. The molecule has 1 amide bonds. The van der Waals surface area contributed by atoms with Crippen LogP contribution in [0.3, 0.4) is 0 Å². The van der Waals surface area contributed by atoms with Crippen molar-refractivity contribution in [3.05, 3.63) is 0 Å². The molecule has 0 bridgehead atoms. The average molecular weight is 419 g/mol. The first-order valence-corrected chi connectivity index (χ1v) is 12.1. The van der Waals surface area contributed by atoms with Gasteiger partial charge in [0.1, 0.15) is 11.9 Å². The second kappa shape index (κ2) is 7.21. The van der Waals surface area contributed by atoms with Crippen molar-refractivity contribution in [2.75, 3.05) is 6.54 Å². The highest BCUT2D eigenvalue weighted by Gasteiger charge is 2.63. The topological polar surface area (TPSA) is 58.6 Å². The molecule has 4 fully saturated rings. The molecule has 2 saturated heterocycles. The smallest absolute Gasteiger partial charge is 0.407 e. The lowest BCUT2D eigenvalue weighted by atomic mass is 9.50. The molecule has 2 saturated carbocycles. The maximum atomic E-state index is 12.5. The van der Waals surface area contributed by atoms with Crippen LogP contribution in [0.4, 0.5) is 4.79 Å². The van der Waals surface area contributed by atoms with Crippen molar-refractivity contribution >= 4 is 11.9 Å². The zero-order valence-corrected chi connectivity index (χ0v) is 20.1. The molecule has 0 radical (unpaired) electrons. The molecule has 5 nitrogen and oxygen atoms in total. The van der Waals surface area contributed by atoms with Gasteiger partial charge in [-0.1, -0.05) is 13.8 Å². The summed E-state index contributed by atoms with van der Waals surface area (Å²) in [4.78, 5) is 27.5. The number of hydrogen-bond acceptors (Lipinski definition) is 4. The zero-order chi connectivity index (χ0) is 22.1. The highest BCUT2D eigenvalue weighted by atomic mass is 16.6. The third-order valence-electron chi connectivity index (χ3n) is 9.38. The number of rotatable bonds is 1. The first-order valence-electron chi connectivity index (χ1n) is 12.1. The number of ether oxygens (including phenoxy) is 1. The number of carbonyl (C=O) groups is 2. The molecular formula is C25H42N2O3. The molecule has 0 aromatic heterocycles. The van der Waals surface area contributed by atoms with Crippen LogP contribution >= 0.6 is 0 Å². The minimum atomic E-state index is -0.279. The van der Waals surface area contributed by atoms with E-state index in [0.29, 0.717) is 29.5 Å². The van der Waals surface area contributed by atoms with Crippen LogP contribution in [0.15, 0.2) is 0 Å². The minimum Gasteiger partial charge on any atom is -0.446 e. The average Bonchev–Trinajstić information content (AvgIpc) is 2.95. The number of nitrogens with one attached hydrogen (secondary N) is 1. The van der Waals surface area contributed by atoms with E-state index in [9.17, 15) is 9.59 Å². The number of carbonyl (C=O) groups excluding carboxylic acids is 2. The van der Waals surface area contributed by atoms with Crippen molar-refractivity contribution in [1.29, 1.82) is 0 Å². The van der Waals surface area contributed by atoms with Gasteiger partial charge in [0.25, 0.3) is 0 Å². The quantitative estimate of drug-likeness (QED) is 0.665. The second-order valence-electron chi connectivity index (χ2n) is 12.3. The molecule has 3 unspecified atom stereocenters. The van der Waals surface area contributed by atoms with Gasteiger partial charge in [-0.25, -0.2) is 4.79 Å². The molecule has 2 aliphatic carbocycles. The van der Waals surface area contributed by atoms with E-state index in [1.807, 2.05) is 20.8 Å². The van der Waals surface area contributed by atoms with E-state index < -0.39 is 0 Å². The van der Waals surface area contributed by atoms with Crippen LogP contribution in [0.25, 0.3) is 0 Å². The van der Waals surface area contributed by atoms with Gasteiger partial charge in [-0.05, 0) is 90.4 Å². The highest BCUT2D eigenvalue weighted by Crippen LogP contribution is 2.63. The van der Waals surface area contributed by atoms with Crippen LogP contribution in [-0.4, -0.2) is 46.5 Å². The Morgan fingerprint density at radius 3 is 2.47 bits per heavy atom. The van der Waals surface area contributed by atoms with Crippen molar-refractivity contribution in [2.24, 2.45) is 29.1 Å². The first-order chi connectivity index (χ1) is 13.9. The molecule has 0 spiro atoms. The van der Waals surface area contributed by atoms with Crippen molar-refractivity contribution in [3.63, 3.8) is 0 Å². The fraction of sp³-hybridized carbons (Fsp3) is 0.920. The monoisotopic (exact) mass is 418 g/mol. The predicted molar refractivity (Wildman–Crippen MR) is 118 cm³/mol. The lowest BCUT2D eigenvalue weighted by molar-refractivity contribution is -0.168. The van der Waals surface area contributed by atoms with Gasteiger partial charge in [-0.2, -0.15) is 0 Å². The number of hydrogen-bond donors (Lipinski definition) is 1. The van der Waals surface area contributed by atoms with Gasteiger partial charge in [-0.3, -0.25) is 9.69 Å². The number of ketones is 1. The Bertz CT molecular complexity index is 716. The van der Waals surface area contributed by atoms with Crippen LogP contribution in [0.2, 0.25) is 0 Å². The second-order valence-corrected chi connectivity index (χ2v) is 12.3. The molecular weight excluding hydrogens is 376 g/mol. The summed E-state index contributed by atoms with van der Waals surface area (Å²) < 4.78 is 6.03. The third-order valence-corrected chi connectivity index (χ3v) is 9.38. The standard InChI is InChI=1S/C25H42N2O3/c1-15-14-27-16(2)19(28)11-13-25(27,7)18-10-12-24(6)17(21(15)18)8-9-20(24)30-22(29)26-23(3,4)5/h15-18,20-21H,8-14H2,1-7H3,(H,26,29)/t15?,16?,17-,18+,20?,21-,24-,25+/m0/s1. The maximum Gasteiger partial charge on any atom is 0.407 e. The minimum absolute atomic E-state index is 0.00990. The van der Waals surface area contributed by atoms with Crippen LogP contribution < -0.4 is 5.32 Å². The molecule has 30 heavy (non-hydrogen) atoms. The Morgan fingerprint density at radius 2 is 1.80 bits per heavy atom. The molecule has 2 heterocycles. The number of alkyl carbamates (subject to hydrolysis) is 1. The van der Waals surface area contributed by atoms with E-state index in [4.69, 9.17) is 4.74 Å². The molecule has 2 aliphatic heterocycles. The van der Waals surface area contributed by atoms with Crippen molar-refractivity contribution in [2.45, 2.75) is 110 Å². The summed E-state index contributed by atoms with van der Waals surface area (Å²) in [5.41, 5.74) is -0.0770. The van der Waals surface area contributed by atoms with Crippen molar-refractivity contribution < 1.29 is 14.3 Å². The van der Waals surface area contributed by atoms with Gasteiger partial charge in [0.15, 0.2) is 0 Å². The van der Waals surface area contributed by atoms with E-state index in [-0.39, 0.29) is 34.7 Å². The molecule has 5 heteroatoms. The number of Topliss-reactive ketones (excluding diaryl/α,β-unsaturated/α-hetero) is 1. The zero-order valence-electron chi connectivity index (χ0n) is 20.1. The van der Waals surface area contributed by atoms with Crippen molar-refractivity contribution in [3.8, 4) is 0 Å². The third kappa shape index (κ3) is 3.40. The van der Waals surface area contributed by atoms with Gasteiger partial charge in [0.05, 0.1) is 6.04 Å². The molecule has 4 rings (SSSR count). The molecule has 1 N–H and O–H groups in total. The van der Waals surface area contributed by atoms with Crippen LogP contribution in [0, 0.1) is 29.1 Å². The number of amides is 1. The predicted octanol–water partition coefficient (Wildman–Crippen LogP) is 4.78. The van der Waals surface area contributed by atoms with Crippen molar-refractivity contribution in [1.82, 2.24) is 10.2 Å². The Morgan fingerprint density at radius 1 is 1.10 bits per heavy atom. The van der Waals surface area contributed by atoms with Gasteiger partial charge in [0.2, 0.25) is 0 Å². The molecule has 0 aromatic rings. The molecule has 4 aliphatic rings. The number of piperidine rings is 2. The molecule has 0 aromatic carbocycles.